The molecule has 0 aliphatic carbocycles. The number of hydrogen-bond acceptors (Lipinski definition) is 3. The summed E-state index contributed by atoms with van der Waals surface area (Å²) in [5.41, 5.74) is 6.14. The Hall–Kier alpha value is -1.88. The van der Waals surface area contributed by atoms with E-state index in [0.717, 1.165) is 0 Å². The van der Waals surface area contributed by atoms with Crippen LogP contribution in [-0.2, 0) is 6.54 Å². The molecule has 4 nitrogen and oxygen atoms in total. The van der Waals surface area contributed by atoms with Crippen LogP contribution >= 0.6 is 0 Å². The fourth-order valence-electron chi connectivity index (χ4n) is 1.56. The van der Waals surface area contributed by atoms with Crippen LogP contribution in [0.4, 0.5) is 4.39 Å². The summed E-state index contributed by atoms with van der Waals surface area (Å²) in [6.07, 6.45) is 3.34. The second-order valence-electron chi connectivity index (χ2n) is 3.23. The number of benzene rings is 1. The fourth-order valence-corrected chi connectivity index (χ4v) is 1.56. The van der Waals surface area contributed by atoms with Gasteiger partial charge in [-0.25, -0.2) is 9.37 Å². The Bertz CT molecular complexity index is 496. The minimum atomic E-state index is -0.326. The van der Waals surface area contributed by atoms with Crippen LogP contribution in [0.5, 0.6) is 5.75 Å². The molecule has 0 aliphatic rings. The van der Waals surface area contributed by atoms with Crippen molar-refractivity contribution >= 4 is 0 Å². The third-order valence-corrected chi connectivity index (χ3v) is 2.30. The van der Waals surface area contributed by atoms with Crippen LogP contribution in [0.15, 0.2) is 30.6 Å². The quantitative estimate of drug-likeness (QED) is 0.854. The highest BCUT2D eigenvalue weighted by Gasteiger charge is 2.09. The highest BCUT2D eigenvalue weighted by atomic mass is 19.1. The largest absolute Gasteiger partial charge is 0.495 e. The van der Waals surface area contributed by atoms with Gasteiger partial charge < -0.3 is 10.5 Å². The first-order valence-corrected chi connectivity index (χ1v) is 4.82. The van der Waals surface area contributed by atoms with Gasteiger partial charge in [0.1, 0.15) is 17.4 Å². The van der Waals surface area contributed by atoms with Crippen LogP contribution < -0.4 is 10.5 Å². The number of aromatic nitrogens is 2. The maximum Gasteiger partial charge on any atom is 0.143 e. The van der Waals surface area contributed by atoms with Gasteiger partial charge in [-0.1, -0.05) is 0 Å². The summed E-state index contributed by atoms with van der Waals surface area (Å²) in [5.74, 6) is 0.908. The van der Waals surface area contributed by atoms with Crippen LogP contribution in [0.25, 0.3) is 5.69 Å². The summed E-state index contributed by atoms with van der Waals surface area (Å²) in [7, 11) is 1.54. The topological polar surface area (TPSA) is 53.1 Å². The van der Waals surface area contributed by atoms with Crippen LogP contribution in [0.1, 0.15) is 5.82 Å². The molecular formula is C11H12FN3O. The van der Waals surface area contributed by atoms with E-state index >= 15 is 0 Å². The number of nitrogens with two attached hydrogens (primary N) is 1. The minimum Gasteiger partial charge on any atom is -0.495 e. The molecule has 5 heteroatoms. The lowest BCUT2D eigenvalue weighted by atomic mass is 10.2. The molecule has 0 atom stereocenters. The van der Waals surface area contributed by atoms with Crippen molar-refractivity contribution in [2.24, 2.45) is 5.73 Å². The number of ether oxygens (including phenoxy) is 1. The molecule has 1 aromatic carbocycles. The van der Waals surface area contributed by atoms with E-state index in [1.54, 1.807) is 23.0 Å². The van der Waals surface area contributed by atoms with Crippen LogP contribution in [0.3, 0.4) is 0 Å². The maximum atomic E-state index is 13.2. The van der Waals surface area contributed by atoms with Gasteiger partial charge in [-0.05, 0) is 12.1 Å². The van der Waals surface area contributed by atoms with Crippen LogP contribution in [0.2, 0.25) is 0 Å². The average molecular weight is 221 g/mol. The molecule has 2 rings (SSSR count). The Kier molecular flexibility index (Phi) is 2.87. The lowest BCUT2D eigenvalue weighted by Gasteiger charge is -2.11. The van der Waals surface area contributed by atoms with Gasteiger partial charge in [0.15, 0.2) is 0 Å². The lowest BCUT2D eigenvalue weighted by Crippen LogP contribution is -2.07. The first-order valence-electron chi connectivity index (χ1n) is 4.82. The predicted octanol–water partition coefficient (Wildman–Crippen LogP) is 1.48. The summed E-state index contributed by atoms with van der Waals surface area (Å²) in [4.78, 5) is 4.08. The third kappa shape index (κ3) is 1.77. The Morgan fingerprint density at radius 1 is 1.50 bits per heavy atom. The average Bonchev–Trinajstić information content (AvgIpc) is 2.76. The van der Waals surface area contributed by atoms with E-state index < -0.39 is 0 Å². The van der Waals surface area contributed by atoms with Gasteiger partial charge in [-0.15, -0.1) is 0 Å². The van der Waals surface area contributed by atoms with Gasteiger partial charge in [-0.2, -0.15) is 0 Å². The highest BCUT2D eigenvalue weighted by Crippen LogP contribution is 2.24. The summed E-state index contributed by atoms with van der Waals surface area (Å²) < 4.78 is 20.1. The molecule has 0 unspecified atom stereocenters. The first-order chi connectivity index (χ1) is 7.76. The zero-order valence-corrected chi connectivity index (χ0v) is 8.85. The van der Waals surface area contributed by atoms with Gasteiger partial charge in [0.25, 0.3) is 0 Å². The van der Waals surface area contributed by atoms with Crippen molar-refractivity contribution in [3.8, 4) is 11.4 Å². The second kappa shape index (κ2) is 4.32. The predicted molar refractivity (Wildman–Crippen MR) is 58.0 cm³/mol. The van der Waals surface area contributed by atoms with E-state index in [1.807, 2.05) is 0 Å². The molecule has 1 aromatic heterocycles. The number of hydrogen-bond donors (Lipinski definition) is 1. The fraction of sp³-hybridized carbons (Fsp3) is 0.182. The second-order valence-corrected chi connectivity index (χ2v) is 3.23. The van der Waals surface area contributed by atoms with Crippen LogP contribution in [0, 0.1) is 5.82 Å². The van der Waals surface area contributed by atoms with E-state index in [4.69, 9.17) is 10.5 Å². The summed E-state index contributed by atoms with van der Waals surface area (Å²) >= 11 is 0. The van der Waals surface area contributed by atoms with E-state index in [9.17, 15) is 4.39 Å². The number of halogens is 1. The van der Waals surface area contributed by atoms with Crippen molar-refractivity contribution in [2.75, 3.05) is 7.11 Å². The standard InChI is InChI=1S/C11H12FN3O/c1-16-10-3-2-8(12)6-9(10)15-5-4-14-11(15)7-13/h2-6H,7,13H2,1H3. The molecule has 2 N–H and O–H groups in total. The normalized spacial score (nSPS) is 10.4. The van der Waals surface area contributed by atoms with E-state index in [0.29, 0.717) is 17.3 Å². The zero-order chi connectivity index (χ0) is 11.5. The van der Waals surface area contributed by atoms with Gasteiger partial charge in [-0.3, -0.25) is 4.57 Å². The molecule has 0 saturated carbocycles. The Morgan fingerprint density at radius 2 is 2.31 bits per heavy atom. The van der Waals surface area contributed by atoms with Crippen molar-refractivity contribution < 1.29 is 9.13 Å². The van der Waals surface area contributed by atoms with Crippen LogP contribution in [-0.4, -0.2) is 16.7 Å². The van der Waals surface area contributed by atoms with Gasteiger partial charge in [0.05, 0.1) is 19.3 Å². The summed E-state index contributed by atoms with van der Waals surface area (Å²) in [6, 6.07) is 4.31. The monoisotopic (exact) mass is 221 g/mol. The van der Waals surface area contributed by atoms with E-state index in [-0.39, 0.29) is 12.4 Å². The molecule has 1 heterocycles. The Morgan fingerprint density at radius 3 is 3.00 bits per heavy atom. The Balaban J connectivity index is 2.58. The molecule has 16 heavy (non-hydrogen) atoms. The molecular weight excluding hydrogens is 209 g/mol. The minimum absolute atomic E-state index is 0.284. The SMILES string of the molecule is COc1ccc(F)cc1-n1ccnc1CN. The molecule has 0 radical (unpaired) electrons. The molecule has 0 amide bonds. The van der Waals surface area contributed by atoms with Crippen molar-refractivity contribution in [2.45, 2.75) is 6.54 Å². The van der Waals surface area contributed by atoms with Crippen molar-refractivity contribution in [3.63, 3.8) is 0 Å². The number of methoxy groups -OCH3 is 1. The molecule has 0 saturated heterocycles. The zero-order valence-electron chi connectivity index (χ0n) is 8.85. The molecule has 2 aromatic rings. The van der Waals surface area contributed by atoms with Crippen molar-refractivity contribution in [1.82, 2.24) is 9.55 Å². The van der Waals surface area contributed by atoms with Gasteiger partial charge >= 0.3 is 0 Å². The molecule has 84 valence electrons. The first kappa shape index (κ1) is 10.6. The number of imidazole rings is 1. The summed E-state index contributed by atoms with van der Waals surface area (Å²) in [6.45, 7) is 0.284. The number of rotatable bonds is 3. The number of nitrogens with zero attached hydrogens (tertiary/aromatic N) is 2. The summed E-state index contributed by atoms with van der Waals surface area (Å²) in [5, 5.41) is 0. The van der Waals surface area contributed by atoms with E-state index in [1.165, 1.54) is 19.2 Å². The maximum absolute atomic E-state index is 13.2. The van der Waals surface area contributed by atoms with E-state index in [2.05, 4.69) is 4.98 Å². The molecule has 0 fully saturated rings. The third-order valence-electron chi connectivity index (χ3n) is 2.30. The smallest absolute Gasteiger partial charge is 0.143 e. The molecule has 0 aliphatic heterocycles. The van der Waals surface area contributed by atoms with Crippen molar-refractivity contribution in [1.29, 1.82) is 0 Å². The molecule has 0 spiro atoms. The lowest BCUT2D eigenvalue weighted by molar-refractivity contribution is 0.411. The Labute approximate surface area is 92.5 Å². The molecule has 0 bridgehead atoms. The van der Waals surface area contributed by atoms with Crippen molar-refractivity contribution in [3.05, 3.63) is 42.2 Å². The highest BCUT2D eigenvalue weighted by molar-refractivity contribution is 5.47. The van der Waals surface area contributed by atoms with Gasteiger partial charge in [0, 0.05) is 18.5 Å². The van der Waals surface area contributed by atoms with Gasteiger partial charge in [0.2, 0.25) is 0 Å².